The maximum atomic E-state index is 13.8. The van der Waals surface area contributed by atoms with Crippen molar-refractivity contribution in [3.63, 3.8) is 0 Å². The van der Waals surface area contributed by atoms with Gasteiger partial charge in [-0.05, 0) is 30.7 Å². The number of carbonyl (C=O) groups excluding carboxylic acids is 1. The number of aryl methyl sites for hydroxylation is 2. The van der Waals surface area contributed by atoms with Crippen LogP contribution in [0.25, 0.3) is 16.3 Å². The lowest BCUT2D eigenvalue weighted by Crippen LogP contribution is -2.35. The summed E-state index contributed by atoms with van der Waals surface area (Å²) in [6, 6.07) is 21.3. The second-order valence-corrected chi connectivity index (χ2v) is 12.9. The minimum atomic E-state index is 0.125. The molecule has 1 aliphatic heterocycles. The highest BCUT2D eigenvalue weighted by Crippen LogP contribution is 2.49. The van der Waals surface area contributed by atoms with E-state index in [1.54, 1.807) is 34.9 Å². The number of nitrogens with zero attached hydrogens (tertiary/aromatic N) is 3. The van der Waals surface area contributed by atoms with Crippen LogP contribution in [0.15, 0.2) is 110 Å². The van der Waals surface area contributed by atoms with Crippen LogP contribution in [0, 0.1) is 0 Å². The van der Waals surface area contributed by atoms with Gasteiger partial charge >= 0.3 is 0 Å². The maximum Gasteiger partial charge on any atom is 0.263 e. The van der Waals surface area contributed by atoms with E-state index in [-0.39, 0.29) is 5.78 Å². The lowest BCUT2D eigenvalue weighted by Gasteiger charge is -2.25. The van der Waals surface area contributed by atoms with Crippen LogP contribution in [0.1, 0.15) is 31.7 Å². The third-order valence-corrected chi connectivity index (χ3v) is 10.2. The molecule has 39 heavy (non-hydrogen) atoms. The van der Waals surface area contributed by atoms with Crippen molar-refractivity contribution in [1.82, 2.24) is 0 Å². The molecule has 0 amide bonds. The van der Waals surface area contributed by atoms with Crippen LogP contribution >= 0.6 is 34.9 Å². The summed E-state index contributed by atoms with van der Waals surface area (Å²) < 4.78 is 5.63. The number of pyridine rings is 1. The molecule has 7 heteroatoms. The topological polar surface area (TPSA) is 28.1 Å². The first-order chi connectivity index (χ1) is 19.1. The van der Waals surface area contributed by atoms with Gasteiger partial charge in [-0.3, -0.25) is 4.79 Å². The number of thioether (sulfide) groups is 2. The van der Waals surface area contributed by atoms with Gasteiger partial charge in [-0.2, -0.15) is 4.57 Å². The first-order valence-electron chi connectivity index (χ1n) is 13.4. The van der Waals surface area contributed by atoms with Gasteiger partial charge in [0.05, 0.1) is 10.7 Å². The fourth-order valence-electron chi connectivity index (χ4n) is 4.96. The predicted molar refractivity (Wildman–Crippen MR) is 164 cm³/mol. The van der Waals surface area contributed by atoms with Crippen molar-refractivity contribution >= 4 is 62.6 Å². The Morgan fingerprint density at radius 3 is 2.51 bits per heavy atom. The molecule has 6 rings (SSSR count). The molecule has 4 aromatic rings. The van der Waals surface area contributed by atoms with Crippen molar-refractivity contribution in [1.29, 1.82) is 0 Å². The average molecular weight is 570 g/mol. The standard InChI is InChI=1S/C32H31N3OS3/c1-4-16-34-25-10-6-8-12-27(25)38-29(34)20-23-31(36)24(32(23)37-22-14-18-33(3)19-15-22)21-30-35(17-5-2)26-11-7-9-13-28(26)39-30/h6-15,18-21H,4-5,16-17H2,1-3H3/q+2. The minimum Gasteiger partial charge on any atom is -0.335 e. The second kappa shape index (κ2) is 11.2. The van der Waals surface area contributed by atoms with Crippen LogP contribution < -0.4 is 14.0 Å². The highest BCUT2D eigenvalue weighted by Gasteiger charge is 2.36. The molecule has 2 aromatic carbocycles. The Morgan fingerprint density at radius 1 is 0.949 bits per heavy atom. The quantitative estimate of drug-likeness (QED) is 0.164. The lowest BCUT2D eigenvalue weighted by molar-refractivity contribution is -0.671. The molecule has 0 saturated heterocycles. The molecule has 0 saturated carbocycles. The van der Waals surface area contributed by atoms with Crippen molar-refractivity contribution in [2.75, 3.05) is 11.4 Å². The van der Waals surface area contributed by atoms with Crippen molar-refractivity contribution in [3.8, 4) is 0 Å². The summed E-state index contributed by atoms with van der Waals surface area (Å²) in [4.78, 5) is 19.6. The number of anilines is 1. The second-order valence-electron chi connectivity index (χ2n) is 9.69. The third kappa shape index (κ3) is 4.99. The number of carbonyl (C=O) groups is 1. The Bertz CT molecular complexity index is 1660. The number of thiazole rings is 1. The summed E-state index contributed by atoms with van der Waals surface area (Å²) in [5.41, 5.74) is 4.07. The molecule has 0 radical (unpaired) electrons. The van der Waals surface area contributed by atoms with Crippen molar-refractivity contribution in [3.05, 3.63) is 105 Å². The van der Waals surface area contributed by atoms with Crippen molar-refractivity contribution in [2.45, 2.75) is 43.0 Å². The minimum absolute atomic E-state index is 0.125. The van der Waals surface area contributed by atoms with Gasteiger partial charge in [0.25, 0.3) is 5.01 Å². The summed E-state index contributed by atoms with van der Waals surface area (Å²) >= 11 is 5.20. The number of ketones is 1. The van der Waals surface area contributed by atoms with Gasteiger partial charge in [-0.25, -0.2) is 4.57 Å². The Hall–Kier alpha value is -3.13. The number of hydrogen-bond donors (Lipinski definition) is 0. The SMILES string of the molecule is CCCN1C(=CC2=C(Sc3cc[n+](C)cc3)C(=Cc3sc4ccccc4[n+]3CCC)C2=O)Sc2ccccc21. The Morgan fingerprint density at radius 2 is 1.72 bits per heavy atom. The molecule has 2 aromatic heterocycles. The monoisotopic (exact) mass is 569 g/mol. The Kier molecular flexibility index (Phi) is 7.47. The zero-order chi connectivity index (χ0) is 26.9. The normalized spacial score (nSPS) is 17.0. The number of hydrogen-bond acceptors (Lipinski definition) is 5. The molecular weight excluding hydrogens is 539 g/mol. The Labute approximate surface area is 242 Å². The summed E-state index contributed by atoms with van der Waals surface area (Å²) in [5.74, 6) is 0.125. The number of fused-ring (bicyclic) bond motifs is 2. The lowest BCUT2D eigenvalue weighted by atomic mass is 9.89. The summed E-state index contributed by atoms with van der Waals surface area (Å²) in [6.45, 7) is 6.25. The van der Waals surface area contributed by atoms with E-state index in [9.17, 15) is 4.79 Å². The molecule has 4 nitrogen and oxygen atoms in total. The molecule has 1 aliphatic carbocycles. The fraction of sp³-hybridized carbons (Fsp3) is 0.219. The van der Waals surface area contributed by atoms with Gasteiger partial charge in [0.15, 0.2) is 18.2 Å². The molecule has 3 heterocycles. The summed E-state index contributed by atoms with van der Waals surface area (Å²) in [6.07, 6.45) is 10.4. The first-order valence-corrected chi connectivity index (χ1v) is 15.8. The average Bonchev–Trinajstić information content (AvgIpc) is 3.48. The van der Waals surface area contributed by atoms with Crippen LogP contribution in [0.4, 0.5) is 5.69 Å². The van der Waals surface area contributed by atoms with E-state index in [0.717, 1.165) is 56.9 Å². The van der Waals surface area contributed by atoms with Crippen LogP contribution in [0.2, 0.25) is 0 Å². The molecule has 0 N–H and O–H groups in total. The summed E-state index contributed by atoms with van der Waals surface area (Å²) in [7, 11) is 2.02. The smallest absolute Gasteiger partial charge is 0.263 e. The maximum absolute atomic E-state index is 13.8. The fourth-order valence-corrected chi connectivity index (χ4v) is 8.23. The first kappa shape index (κ1) is 26.1. The van der Waals surface area contributed by atoms with Crippen molar-refractivity contribution in [2.24, 2.45) is 7.05 Å². The number of para-hydroxylation sites is 2. The Balaban J connectivity index is 1.45. The van der Waals surface area contributed by atoms with E-state index in [2.05, 4.69) is 109 Å². The van der Waals surface area contributed by atoms with Crippen molar-refractivity contribution < 1.29 is 13.9 Å². The number of rotatable bonds is 8. The molecule has 0 unspecified atom stereocenters. The van der Waals surface area contributed by atoms with Gasteiger partial charge < -0.3 is 4.90 Å². The number of benzene rings is 2. The van der Waals surface area contributed by atoms with E-state index in [0.29, 0.717) is 0 Å². The zero-order valence-corrected chi connectivity index (χ0v) is 24.8. The van der Waals surface area contributed by atoms with Crippen LogP contribution in [0.3, 0.4) is 0 Å². The molecule has 0 atom stereocenters. The van der Waals surface area contributed by atoms with E-state index in [1.165, 1.54) is 20.8 Å². The van der Waals surface area contributed by atoms with Crippen LogP contribution in [0.5, 0.6) is 0 Å². The third-order valence-electron chi connectivity index (χ3n) is 6.85. The van der Waals surface area contributed by atoms with Gasteiger partial charge in [0, 0.05) is 63.1 Å². The molecule has 0 fully saturated rings. The molecule has 0 bridgehead atoms. The predicted octanol–water partition coefficient (Wildman–Crippen LogP) is 7.30. The van der Waals surface area contributed by atoms with E-state index in [4.69, 9.17) is 0 Å². The molecular formula is C32H31N3OS3+2. The highest BCUT2D eigenvalue weighted by molar-refractivity contribution is 8.04. The highest BCUT2D eigenvalue weighted by atomic mass is 32.2. The number of aromatic nitrogens is 2. The van der Waals surface area contributed by atoms with Gasteiger partial charge in [0.1, 0.15) is 18.3 Å². The number of Topliss-reactive ketones (excluding diaryl/α,β-unsaturated/α-hetero) is 1. The molecule has 196 valence electrons. The van der Waals surface area contributed by atoms with E-state index in [1.807, 2.05) is 11.6 Å². The molecule has 0 spiro atoms. The number of allylic oxidation sites excluding steroid dienone is 3. The van der Waals surface area contributed by atoms with Crippen LogP contribution in [-0.2, 0) is 18.4 Å². The molecule has 2 aliphatic rings. The van der Waals surface area contributed by atoms with E-state index < -0.39 is 0 Å². The largest absolute Gasteiger partial charge is 0.335 e. The van der Waals surface area contributed by atoms with Crippen LogP contribution in [-0.4, -0.2) is 12.3 Å². The zero-order valence-electron chi connectivity index (χ0n) is 22.4. The van der Waals surface area contributed by atoms with Gasteiger partial charge in [-0.15, -0.1) is 0 Å². The van der Waals surface area contributed by atoms with E-state index >= 15 is 0 Å². The summed E-state index contributed by atoms with van der Waals surface area (Å²) in [5, 5.41) is 2.25. The van der Waals surface area contributed by atoms with Gasteiger partial charge in [0.2, 0.25) is 5.52 Å². The van der Waals surface area contributed by atoms with Gasteiger partial charge in [-0.1, -0.05) is 73.0 Å².